The maximum Gasteiger partial charge on any atom is 0.227 e. The Morgan fingerprint density at radius 1 is 0.926 bits per heavy atom. The summed E-state index contributed by atoms with van der Waals surface area (Å²) in [6, 6.07) is 8.56. The third-order valence-corrected chi connectivity index (χ3v) is 4.35. The highest BCUT2D eigenvalue weighted by atomic mass is 35.5. The lowest BCUT2D eigenvalue weighted by atomic mass is 10.0. The largest absolute Gasteiger partial charge is 0.339 e. The van der Waals surface area contributed by atoms with E-state index >= 15 is 0 Å². The molecule has 27 heavy (non-hydrogen) atoms. The van der Waals surface area contributed by atoms with Gasteiger partial charge in [-0.1, -0.05) is 48.4 Å². The number of likely N-dealkylation sites (N-methyl/N-ethyl adjacent to an activating group) is 1. The van der Waals surface area contributed by atoms with Gasteiger partial charge in [-0.2, -0.15) is 9.97 Å². The molecule has 1 N–H and O–H groups in total. The summed E-state index contributed by atoms with van der Waals surface area (Å²) < 4.78 is 10.6. The van der Waals surface area contributed by atoms with Gasteiger partial charge in [0.1, 0.15) is 0 Å². The van der Waals surface area contributed by atoms with Crippen LogP contribution in [0.25, 0.3) is 11.4 Å². The molecule has 2 heterocycles. The van der Waals surface area contributed by atoms with Gasteiger partial charge in [-0.15, -0.1) is 12.4 Å². The summed E-state index contributed by atoms with van der Waals surface area (Å²) in [6.45, 7) is 6.41. The van der Waals surface area contributed by atoms with E-state index in [2.05, 4.69) is 58.5 Å². The molecule has 0 saturated heterocycles. The van der Waals surface area contributed by atoms with Crippen molar-refractivity contribution in [3.8, 4) is 11.4 Å². The Bertz CT molecular complexity index is 829. The smallest absolute Gasteiger partial charge is 0.227 e. The zero-order valence-corrected chi connectivity index (χ0v) is 16.9. The number of nitrogens with zero attached hydrogens (tertiary/aromatic N) is 4. The van der Waals surface area contributed by atoms with Gasteiger partial charge >= 0.3 is 0 Å². The summed E-state index contributed by atoms with van der Waals surface area (Å²) in [6.07, 6.45) is 1.88. The molecular weight excluding hydrogens is 366 g/mol. The van der Waals surface area contributed by atoms with Gasteiger partial charge in [0.2, 0.25) is 17.6 Å². The van der Waals surface area contributed by atoms with Gasteiger partial charge in [0, 0.05) is 30.9 Å². The van der Waals surface area contributed by atoms with Crippen LogP contribution in [-0.2, 0) is 19.3 Å². The Hall–Kier alpha value is -2.25. The van der Waals surface area contributed by atoms with E-state index in [1.54, 1.807) is 0 Å². The molecule has 1 unspecified atom stereocenters. The lowest BCUT2D eigenvalue weighted by Gasteiger charge is -2.04. The van der Waals surface area contributed by atoms with Gasteiger partial charge in [0.15, 0.2) is 5.82 Å². The lowest BCUT2D eigenvalue weighted by molar-refractivity contribution is 0.351. The van der Waals surface area contributed by atoms with Crippen molar-refractivity contribution in [1.29, 1.82) is 0 Å². The first kappa shape index (κ1) is 21.1. The van der Waals surface area contributed by atoms with E-state index in [0.717, 1.165) is 12.0 Å². The Kier molecular flexibility index (Phi) is 7.50. The molecule has 0 aliphatic carbocycles. The molecule has 3 rings (SSSR count). The van der Waals surface area contributed by atoms with Crippen molar-refractivity contribution in [2.45, 2.75) is 52.0 Å². The maximum atomic E-state index is 5.35. The number of hydrogen-bond acceptors (Lipinski definition) is 7. The highest BCUT2D eigenvalue weighted by molar-refractivity contribution is 5.85. The van der Waals surface area contributed by atoms with Crippen LogP contribution in [0.1, 0.15) is 49.9 Å². The van der Waals surface area contributed by atoms with Crippen LogP contribution in [0, 0.1) is 0 Å². The quantitative estimate of drug-likeness (QED) is 0.627. The Labute approximate surface area is 165 Å². The van der Waals surface area contributed by atoms with Crippen LogP contribution in [0.2, 0.25) is 0 Å². The summed E-state index contributed by atoms with van der Waals surface area (Å²) in [7, 11) is 1.91. The van der Waals surface area contributed by atoms with Crippen molar-refractivity contribution in [3.05, 3.63) is 47.4 Å². The zero-order chi connectivity index (χ0) is 18.5. The molecule has 2 aromatic heterocycles. The maximum absolute atomic E-state index is 5.35. The second-order valence-corrected chi connectivity index (χ2v) is 6.79. The van der Waals surface area contributed by atoms with Crippen LogP contribution in [0.3, 0.4) is 0 Å². The van der Waals surface area contributed by atoms with E-state index in [1.807, 2.05) is 19.2 Å². The first-order chi connectivity index (χ1) is 12.5. The standard InChI is InChI=1S/C19H25N5O2.ClH/c1-12(2)14-5-7-15(8-6-14)19-22-18(26-24-19)10-9-17-21-16(23-25-17)11-13(3)20-4;/h5-8,12-13,20H,9-11H2,1-4H3;1H. The van der Waals surface area contributed by atoms with Crippen molar-refractivity contribution >= 4 is 12.4 Å². The minimum atomic E-state index is 0. The van der Waals surface area contributed by atoms with E-state index in [9.17, 15) is 0 Å². The highest BCUT2D eigenvalue weighted by Gasteiger charge is 2.13. The number of aryl methyl sites for hydroxylation is 2. The molecule has 0 amide bonds. The molecular formula is C19H26ClN5O2. The van der Waals surface area contributed by atoms with Gasteiger partial charge in [-0.3, -0.25) is 0 Å². The third-order valence-electron chi connectivity index (χ3n) is 4.35. The van der Waals surface area contributed by atoms with E-state index in [1.165, 1.54) is 5.56 Å². The normalized spacial score (nSPS) is 12.2. The van der Waals surface area contributed by atoms with Crippen molar-refractivity contribution in [2.24, 2.45) is 0 Å². The van der Waals surface area contributed by atoms with Crippen LogP contribution >= 0.6 is 12.4 Å². The number of rotatable bonds is 8. The Morgan fingerprint density at radius 3 is 2.19 bits per heavy atom. The summed E-state index contributed by atoms with van der Waals surface area (Å²) in [5.41, 5.74) is 2.24. The second-order valence-electron chi connectivity index (χ2n) is 6.79. The van der Waals surface area contributed by atoms with E-state index < -0.39 is 0 Å². The molecule has 0 aliphatic heterocycles. The third kappa shape index (κ3) is 5.61. The predicted molar refractivity (Wildman–Crippen MR) is 105 cm³/mol. The number of hydrogen-bond donors (Lipinski definition) is 1. The fraction of sp³-hybridized carbons (Fsp3) is 0.474. The molecule has 0 aliphatic rings. The number of halogens is 1. The molecule has 146 valence electrons. The van der Waals surface area contributed by atoms with Gasteiger partial charge in [-0.05, 0) is 25.5 Å². The molecule has 1 atom stereocenters. The SMILES string of the molecule is CNC(C)Cc1noc(CCc2nc(-c3ccc(C(C)C)cc3)no2)n1.Cl. The van der Waals surface area contributed by atoms with Crippen LogP contribution in [0.15, 0.2) is 33.3 Å². The van der Waals surface area contributed by atoms with Crippen LogP contribution in [-0.4, -0.2) is 33.4 Å². The fourth-order valence-corrected chi connectivity index (χ4v) is 2.56. The number of aromatic nitrogens is 4. The predicted octanol–water partition coefficient (Wildman–Crippen LogP) is 3.60. The number of nitrogens with one attached hydrogen (secondary N) is 1. The second kappa shape index (κ2) is 9.62. The van der Waals surface area contributed by atoms with Gasteiger partial charge < -0.3 is 14.4 Å². The molecule has 7 nitrogen and oxygen atoms in total. The Balaban J connectivity index is 0.00000261. The number of benzene rings is 1. The molecule has 0 fully saturated rings. The van der Waals surface area contributed by atoms with Gasteiger partial charge in [0.05, 0.1) is 0 Å². The van der Waals surface area contributed by atoms with Crippen molar-refractivity contribution in [3.63, 3.8) is 0 Å². The minimum absolute atomic E-state index is 0. The van der Waals surface area contributed by atoms with Crippen molar-refractivity contribution in [2.75, 3.05) is 7.05 Å². The van der Waals surface area contributed by atoms with Gasteiger partial charge in [0.25, 0.3) is 0 Å². The average Bonchev–Trinajstić information content (AvgIpc) is 3.29. The summed E-state index contributed by atoms with van der Waals surface area (Å²) in [5.74, 6) is 2.96. The van der Waals surface area contributed by atoms with Crippen LogP contribution in [0.5, 0.6) is 0 Å². The Morgan fingerprint density at radius 2 is 1.56 bits per heavy atom. The van der Waals surface area contributed by atoms with E-state index in [-0.39, 0.29) is 12.4 Å². The highest BCUT2D eigenvalue weighted by Crippen LogP contribution is 2.20. The first-order valence-corrected chi connectivity index (χ1v) is 8.96. The van der Waals surface area contributed by atoms with Crippen LogP contribution < -0.4 is 5.32 Å². The molecule has 1 aromatic carbocycles. The first-order valence-electron chi connectivity index (χ1n) is 8.96. The van der Waals surface area contributed by atoms with Gasteiger partial charge in [-0.25, -0.2) is 0 Å². The van der Waals surface area contributed by atoms with E-state index in [0.29, 0.717) is 48.2 Å². The van der Waals surface area contributed by atoms with Crippen molar-refractivity contribution in [1.82, 2.24) is 25.6 Å². The molecule has 0 bridgehead atoms. The molecule has 3 aromatic rings. The molecule has 8 heteroatoms. The monoisotopic (exact) mass is 391 g/mol. The minimum Gasteiger partial charge on any atom is -0.339 e. The summed E-state index contributed by atoms with van der Waals surface area (Å²) in [4.78, 5) is 8.86. The summed E-state index contributed by atoms with van der Waals surface area (Å²) in [5, 5.41) is 11.2. The molecule has 0 spiro atoms. The summed E-state index contributed by atoms with van der Waals surface area (Å²) >= 11 is 0. The lowest BCUT2D eigenvalue weighted by Crippen LogP contribution is -2.24. The molecule has 0 radical (unpaired) electrons. The fourth-order valence-electron chi connectivity index (χ4n) is 2.56. The average molecular weight is 392 g/mol. The van der Waals surface area contributed by atoms with E-state index in [4.69, 9.17) is 9.05 Å². The molecule has 0 saturated carbocycles. The topological polar surface area (TPSA) is 89.9 Å². The van der Waals surface area contributed by atoms with Crippen molar-refractivity contribution < 1.29 is 9.05 Å². The zero-order valence-electron chi connectivity index (χ0n) is 16.1. The van der Waals surface area contributed by atoms with Crippen LogP contribution in [0.4, 0.5) is 0 Å².